The first-order valence-corrected chi connectivity index (χ1v) is 6.28. The number of amides is 1. The molecule has 0 saturated carbocycles. The van der Waals surface area contributed by atoms with Gasteiger partial charge in [-0.1, -0.05) is 26.0 Å². The lowest BCUT2D eigenvalue weighted by molar-refractivity contribution is -0.113. The van der Waals surface area contributed by atoms with Crippen LogP contribution < -0.4 is 5.32 Å². The Hall–Kier alpha value is -1.00. The van der Waals surface area contributed by atoms with Crippen molar-refractivity contribution in [3.05, 3.63) is 29.8 Å². The largest absolute Gasteiger partial charge is 0.392 e. The van der Waals surface area contributed by atoms with Crippen LogP contribution in [0, 0.1) is 0 Å². The Labute approximate surface area is 100 Å². The quantitative estimate of drug-likeness (QED) is 0.828. The van der Waals surface area contributed by atoms with Crippen LogP contribution in [0.5, 0.6) is 0 Å². The first kappa shape index (κ1) is 13.1. The van der Waals surface area contributed by atoms with Crippen LogP contribution in [0.25, 0.3) is 0 Å². The number of carbonyl (C=O) groups excluding carboxylic acids is 1. The molecule has 0 aromatic heterocycles. The van der Waals surface area contributed by atoms with Crippen LogP contribution in [0.1, 0.15) is 19.4 Å². The van der Waals surface area contributed by atoms with E-state index in [9.17, 15) is 4.79 Å². The van der Waals surface area contributed by atoms with Crippen LogP contribution in [-0.4, -0.2) is 22.0 Å². The van der Waals surface area contributed by atoms with Gasteiger partial charge in [-0.05, 0) is 22.9 Å². The summed E-state index contributed by atoms with van der Waals surface area (Å²) in [5.41, 5.74) is 1.61. The van der Waals surface area contributed by atoms with E-state index in [2.05, 4.69) is 19.2 Å². The van der Waals surface area contributed by atoms with Crippen LogP contribution in [0.4, 0.5) is 5.69 Å². The Morgan fingerprint density at radius 1 is 1.38 bits per heavy atom. The minimum atomic E-state index is 0.00967. The summed E-state index contributed by atoms with van der Waals surface area (Å²) >= 11 is 1.61. The van der Waals surface area contributed by atoms with Gasteiger partial charge in [-0.3, -0.25) is 4.79 Å². The number of carbonyl (C=O) groups is 1. The molecule has 0 atom stereocenters. The minimum absolute atomic E-state index is 0.00967. The molecule has 3 nitrogen and oxygen atoms in total. The van der Waals surface area contributed by atoms with E-state index in [4.69, 9.17) is 5.11 Å². The summed E-state index contributed by atoms with van der Waals surface area (Å²) in [5.74, 6) is 0.481. The van der Waals surface area contributed by atoms with Crippen LogP contribution in [0.3, 0.4) is 0 Å². The molecular weight excluding hydrogens is 222 g/mol. The maximum Gasteiger partial charge on any atom is 0.234 e. The molecule has 0 aliphatic heterocycles. The Morgan fingerprint density at radius 2 is 2.00 bits per heavy atom. The Morgan fingerprint density at radius 3 is 2.50 bits per heavy atom. The summed E-state index contributed by atoms with van der Waals surface area (Å²) in [6.45, 7) is 4.15. The van der Waals surface area contributed by atoms with E-state index in [1.54, 1.807) is 36.0 Å². The van der Waals surface area contributed by atoms with Crippen molar-refractivity contribution in [3.63, 3.8) is 0 Å². The summed E-state index contributed by atoms with van der Waals surface area (Å²) in [6.07, 6.45) is 0. The van der Waals surface area contributed by atoms with Gasteiger partial charge in [-0.25, -0.2) is 0 Å². The van der Waals surface area contributed by atoms with E-state index in [0.29, 0.717) is 11.0 Å². The van der Waals surface area contributed by atoms with Crippen molar-refractivity contribution in [2.24, 2.45) is 0 Å². The highest BCUT2D eigenvalue weighted by atomic mass is 32.2. The van der Waals surface area contributed by atoms with Crippen molar-refractivity contribution in [2.75, 3.05) is 11.1 Å². The first-order valence-electron chi connectivity index (χ1n) is 5.23. The van der Waals surface area contributed by atoms with Crippen LogP contribution in [-0.2, 0) is 11.4 Å². The van der Waals surface area contributed by atoms with Crippen molar-refractivity contribution < 1.29 is 9.90 Å². The zero-order valence-corrected chi connectivity index (χ0v) is 10.4. The van der Waals surface area contributed by atoms with Gasteiger partial charge < -0.3 is 10.4 Å². The molecule has 1 aromatic carbocycles. The molecule has 0 heterocycles. The average molecular weight is 239 g/mol. The number of hydrogen-bond donors (Lipinski definition) is 2. The second kappa shape index (κ2) is 6.55. The van der Waals surface area contributed by atoms with Gasteiger partial charge >= 0.3 is 0 Å². The predicted octanol–water partition coefficient (Wildman–Crippen LogP) is 2.26. The third-order valence-corrected chi connectivity index (χ3v) is 3.06. The van der Waals surface area contributed by atoms with Gasteiger partial charge in [-0.15, -0.1) is 11.8 Å². The lowest BCUT2D eigenvalue weighted by Gasteiger charge is -2.07. The predicted molar refractivity (Wildman–Crippen MR) is 68.6 cm³/mol. The topological polar surface area (TPSA) is 49.3 Å². The van der Waals surface area contributed by atoms with Gasteiger partial charge in [0.2, 0.25) is 5.91 Å². The molecule has 2 N–H and O–H groups in total. The molecule has 0 unspecified atom stereocenters. The standard InChI is InChI=1S/C12H17NO2S/c1-9(2)16-8-12(15)13-11-5-3-10(7-14)4-6-11/h3-6,9,14H,7-8H2,1-2H3,(H,13,15). The number of nitrogens with one attached hydrogen (secondary N) is 1. The fourth-order valence-electron chi connectivity index (χ4n) is 1.13. The summed E-state index contributed by atoms with van der Waals surface area (Å²) in [6, 6.07) is 7.18. The van der Waals surface area contributed by atoms with Crippen LogP contribution in [0.15, 0.2) is 24.3 Å². The fraction of sp³-hybridized carbons (Fsp3) is 0.417. The Bertz CT molecular complexity index is 335. The number of aliphatic hydroxyl groups excluding tert-OH is 1. The van der Waals surface area contributed by atoms with Gasteiger partial charge in [0.25, 0.3) is 0 Å². The maximum atomic E-state index is 11.5. The molecular formula is C12H17NO2S. The van der Waals surface area contributed by atoms with Crippen molar-refractivity contribution >= 4 is 23.4 Å². The second-order valence-electron chi connectivity index (χ2n) is 3.76. The van der Waals surface area contributed by atoms with Gasteiger partial charge in [0.1, 0.15) is 0 Å². The Balaban J connectivity index is 2.43. The van der Waals surface area contributed by atoms with Gasteiger partial charge in [0.15, 0.2) is 0 Å². The Kier molecular flexibility index (Phi) is 5.35. The monoisotopic (exact) mass is 239 g/mol. The molecule has 1 rings (SSSR count). The van der Waals surface area contributed by atoms with Crippen molar-refractivity contribution in [3.8, 4) is 0 Å². The average Bonchev–Trinajstić information content (AvgIpc) is 2.27. The number of thioether (sulfide) groups is 1. The van der Waals surface area contributed by atoms with Crippen LogP contribution >= 0.6 is 11.8 Å². The lowest BCUT2D eigenvalue weighted by atomic mass is 10.2. The maximum absolute atomic E-state index is 11.5. The minimum Gasteiger partial charge on any atom is -0.392 e. The molecule has 1 amide bonds. The summed E-state index contributed by atoms with van der Waals surface area (Å²) in [5, 5.41) is 12.1. The molecule has 0 aliphatic carbocycles. The van der Waals surface area contributed by atoms with E-state index in [0.717, 1.165) is 11.3 Å². The SMILES string of the molecule is CC(C)SCC(=O)Nc1ccc(CO)cc1. The summed E-state index contributed by atoms with van der Waals surface area (Å²) in [7, 11) is 0. The normalized spacial score (nSPS) is 10.5. The zero-order chi connectivity index (χ0) is 12.0. The number of hydrogen-bond acceptors (Lipinski definition) is 3. The number of anilines is 1. The van der Waals surface area contributed by atoms with E-state index in [1.807, 2.05) is 0 Å². The molecule has 88 valence electrons. The van der Waals surface area contributed by atoms with Crippen molar-refractivity contribution in [1.82, 2.24) is 0 Å². The first-order chi connectivity index (χ1) is 7.61. The summed E-state index contributed by atoms with van der Waals surface area (Å²) < 4.78 is 0. The van der Waals surface area contributed by atoms with Gasteiger partial charge in [-0.2, -0.15) is 0 Å². The number of rotatable bonds is 5. The van der Waals surface area contributed by atoms with Crippen molar-refractivity contribution in [1.29, 1.82) is 0 Å². The highest BCUT2D eigenvalue weighted by Gasteiger charge is 2.04. The van der Waals surface area contributed by atoms with Gasteiger partial charge in [0.05, 0.1) is 12.4 Å². The smallest absolute Gasteiger partial charge is 0.234 e. The zero-order valence-electron chi connectivity index (χ0n) is 9.56. The molecule has 0 spiro atoms. The second-order valence-corrected chi connectivity index (χ2v) is 5.33. The number of aliphatic hydroxyl groups is 1. The molecule has 16 heavy (non-hydrogen) atoms. The van der Waals surface area contributed by atoms with E-state index >= 15 is 0 Å². The van der Waals surface area contributed by atoms with Gasteiger partial charge in [0, 0.05) is 5.69 Å². The van der Waals surface area contributed by atoms with E-state index in [-0.39, 0.29) is 12.5 Å². The van der Waals surface area contributed by atoms with Crippen molar-refractivity contribution in [2.45, 2.75) is 25.7 Å². The number of benzene rings is 1. The fourth-order valence-corrected chi connectivity index (χ4v) is 1.69. The molecule has 0 aliphatic rings. The highest BCUT2D eigenvalue weighted by Crippen LogP contribution is 2.12. The lowest BCUT2D eigenvalue weighted by Crippen LogP contribution is -2.15. The third kappa shape index (κ3) is 4.68. The third-order valence-electron chi connectivity index (χ3n) is 1.97. The highest BCUT2D eigenvalue weighted by molar-refractivity contribution is 8.00. The summed E-state index contributed by atoms with van der Waals surface area (Å²) in [4.78, 5) is 11.5. The molecule has 0 fully saturated rings. The molecule has 0 saturated heterocycles. The van der Waals surface area contributed by atoms with Crippen LogP contribution in [0.2, 0.25) is 0 Å². The molecule has 1 aromatic rings. The molecule has 4 heteroatoms. The molecule has 0 bridgehead atoms. The van der Waals surface area contributed by atoms with E-state index in [1.165, 1.54) is 0 Å². The molecule has 0 radical (unpaired) electrons. The van der Waals surface area contributed by atoms with E-state index < -0.39 is 0 Å².